The van der Waals surface area contributed by atoms with E-state index in [4.69, 9.17) is 14.0 Å². The van der Waals surface area contributed by atoms with Crippen LogP contribution in [0.3, 0.4) is 0 Å². The van der Waals surface area contributed by atoms with E-state index in [1.165, 1.54) is 11.1 Å². The maximum atomic E-state index is 12.7. The first kappa shape index (κ1) is 21.9. The molecule has 1 aromatic heterocycles. The average Bonchev–Trinajstić information content (AvgIpc) is 3.40. The van der Waals surface area contributed by atoms with Crippen LogP contribution in [-0.2, 0) is 11.3 Å². The Hall–Kier alpha value is -3.35. The van der Waals surface area contributed by atoms with Crippen LogP contribution < -0.4 is 9.47 Å². The molecule has 1 aliphatic rings. The van der Waals surface area contributed by atoms with Gasteiger partial charge in [-0.25, -0.2) is 0 Å². The lowest BCUT2D eigenvalue weighted by Crippen LogP contribution is -2.24. The predicted molar refractivity (Wildman–Crippen MR) is 121 cm³/mol. The van der Waals surface area contributed by atoms with E-state index < -0.39 is 0 Å². The lowest BCUT2D eigenvalue weighted by atomic mass is 10.1. The third-order valence-electron chi connectivity index (χ3n) is 5.76. The molecule has 0 spiro atoms. The molecule has 7 heteroatoms. The van der Waals surface area contributed by atoms with Crippen molar-refractivity contribution in [2.24, 2.45) is 0 Å². The van der Waals surface area contributed by atoms with Crippen molar-refractivity contribution in [1.82, 2.24) is 15.0 Å². The van der Waals surface area contributed by atoms with Gasteiger partial charge < -0.3 is 18.9 Å². The first-order valence-electron chi connectivity index (χ1n) is 11.1. The molecule has 4 rings (SSSR count). The second-order valence-corrected chi connectivity index (χ2v) is 8.08. The lowest BCUT2D eigenvalue weighted by molar-refractivity contribution is -0.128. The van der Waals surface area contributed by atoms with Crippen molar-refractivity contribution in [2.45, 2.75) is 46.6 Å². The quantitative estimate of drug-likeness (QED) is 0.512. The highest BCUT2D eigenvalue weighted by Gasteiger charge is 2.34. The number of hydrogen-bond donors (Lipinski definition) is 0. The second-order valence-electron chi connectivity index (χ2n) is 8.08. The molecule has 1 amide bonds. The zero-order valence-corrected chi connectivity index (χ0v) is 19.1. The molecule has 0 bridgehead atoms. The Morgan fingerprint density at radius 1 is 1.03 bits per heavy atom. The Morgan fingerprint density at radius 2 is 1.81 bits per heavy atom. The van der Waals surface area contributed by atoms with Gasteiger partial charge in [-0.15, -0.1) is 0 Å². The van der Waals surface area contributed by atoms with Crippen LogP contribution >= 0.6 is 0 Å². The first-order chi connectivity index (χ1) is 15.5. The fourth-order valence-electron chi connectivity index (χ4n) is 3.90. The molecule has 168 valence electrons. The van der Waals surface area contributed by atoms with Crippen LogP contribution in [0.4, 0.5) is 0 Å². The summed E-state index contributed by atoms with van der Waals surface area (Å²) in [6, 6.07) is 11.9. The molecular formula is C25H29N3O4. The minimum atomic E-state index is -0.0828. The topological polar surface area (TPSA) is 77.7 Å². The molecule has 0 saturated carbocycles. The summed E-state index contributed by atoms with van der Waals surface area (Å²) < 4.78 is 16.8. The summed E-state index contributed by atoms with van der Waals surface area (Å²) in [5.41, 5.74) is 4.28. The van der Waals surface area contributed by atoms with Crippen LogP contribution in [0.5, 0.6) is 11.5 Å². The summed E-state index contributed by atoms with van der Waals surface area (Å²) in [5.74, 6) is 2.48. The first-order valence-corrected chi connectivity index (χ1v) is 11.1. The van der Waals surface area contributed by atoms with Gasteiger partial charge in [0.25, 0.3) is 5.89 Å². The van der Waals surface area contributed by atoms with E-state index in [1.807, 2.05) is 55.1 Å². The van der Waals surface area contributed by atoms with Crippen molar-refractivity contribution in [3.8, 4) is 23.0 Å². The van der Waals surface area contributed by atoms with Gasteiger partial charge >= 0.3 is 0 Å². The summed E-state index contributed by atoms with van der Waals surface area (Å²) in [4.78, 5) is 19.1. The minimum Gasteiger partial charge on any atom is -0.490 e. The highest BCUT2D eigenvalue weighted by Crippen LogP contribution is 2.32. The van der Waals surface area contributed by atoms with Crippen LogP contribution in [0.15, 0.2) is 40.9 Å². The number of hydrogen-bond acceptors (Lipinski definition) is 6. The van der Waals surface area contributed by atoms with Gasteiger partial charge in [-0.3, -0.25) is 4.79 Å². The van der Waals surface area contributed by atoms with E-state index in [0.717, 1.165) is 16.9 Å². The van der Waals surface area contributed by atoms with E-state index in [1.54, 1.807) is 0 Å². The number of carbonyl (C=O) groups is 1. The highest BCUT2D eigenvalue weighted by molar-refractivity contribution is 5.79. The fourth-order valence-corrected chi connectivity index (χ4v) is 3.90. The molecule has 0 N–H and O–H groups in total. The van der Waals surface area contributed by atoms with Crippen molar-refractivity contribution in [3.05, 3.63) is 58.9 Å². The standard InChI is InChI=1S/C25H29N3O4/c1-5-30-21-10-8-18(12-22(21)31-6-2)14-28-15-20(13-23(28)29)24-26-25(32-27-24)19-9-7-16(3)17(4)11-19/h7-12,20H,5-6,13-15H2,1-4H3. The monoisotopic (exact) mass is 435 g/mol. The molecule has 7 nitrogen and oxygen atoms in total. The molecule has 1 aliphatic heterocycles. The molecule has 0 radical (unpaired) electrons. The summed E-state index contributed by atoms with van der Waals surface area (Å²) in [6.45, 7) is 10.2. The zero-order valence-electron chi connectivity index (χ0n) is 19.1. The smallest absolute Gasteiger partial charge is 0.257 e. The minimum absolute atomic E-state index is 0.0828. The number of ether oxygens (including phenoxy) is 2. The number of benzene rings is 2. The van der Waals surface area contributed by atoms with Crippen molar-refractivity contribution < 1.29 is 18.8 Å². The zero-order chi connectivity index (χ0) is 22.7. The molecule has 1 unspecified atom stereocenters. The Balaban J connectivity index is 1.46. The van der Waals surface area contributed by atoms with Gasteiger partial charge in [0, 0.05) is 31.0 Å². The Morgan fingerprint density at radius 3 is 2.56 bits per heavy atom. The van der Waals surface area contributed by atoms with Gasteiger partial charge in [0.2, 0.25) is 5.91 Å². The van der Waals surface area contributed by atoms with Crippen molar-refractivity contribution in [3.63, 3.8) is 0 Å². The molecule has 2 aromatic carbocycles. The Kier molecular flexibility index (Phi) is 6.44. The summed E-state index contributed by atoms with van der Waals surface area (Å²) in [7, 11) is 0. The summed E-state index contributed by atoms with van der Waals surface area (Å²) in [5, 5.41) is 4.17. The SMILES string of the molecule is CCOc1ccc(CN2CC(c3noc(-c4ccc(C)c(C)c4)n3)CC2=O)cc1OCC. The highest BCUT2D eigenvalue weighted by atomic mass is 16.5. The molecule has 1 saturated heterocycles. The Bertz CT molecular complexity index is 1110. The van der Waals surface area contributed by atoms with Gasteiger partial charge in [0.1, 0.15) is 0 Å². The molecule has 1 fully saturated rings. The van der Waals surface area contributed by atoms with Crippen LogP contribution in [-0.4, -0.2) is 40.7 Å². The lowest BCUT2D eigenvalue weighted by Gasteiger charge is -2.18. The molecule has 0 aliphatic carbocycles. The number of likely N-dealkylation sites (tertiary alicyclic amines) is 1. The number of carbonyl (C=O) groups excluding carboxylic acids is 1. The fraction of sp³-hybridized carbons (Fsp3) is 0.400. The number of nitrogens with zero attached hydrogens (tertiary/aromatic N) is 3. The molecule has 32 heavy (non-hydrogen) atoms. The largest absolute Gasteiger partial charge is 0.490 e. The van der Waals surface area contributed by atoms with Crippen LogP contribution in [0.2, 0.25) is 0 Å². The van der Waals surface area contributed by atoms with E-state index in [-0.39, 0.29) is 11.8 Å². The third kappa shape index (κ3) is 4.61. The van der Waals surface area contributed by atoms with Crippen molar-refractivity contribution in [1.29, 1.82) is 0 Å². The van der Waals surface area contributed by atoms with Gasteiger partial charge in [-0.1, -0.05) is 17.3 Å². The number of rotatable bonds is 8. The average molecular weight is 436 g/mol. The number of aromatic nitrogens is 2. The van der Waals surface area contributed by atoms with E-state index >= 15 is 0 Å². The number of aryl methyl sites for hydroxylation is 2. The van der Waals surface area contributed by atoms with Crippen LogP contribution in [0.1, 0.15) is 48.7 Å². The Labute approximate surface area is 188 Å². The van der Waals surface area contributed by atoms with Gasteiger partial charge in [-0.2, -0.15) is 4.98 Å². The normalized spacial score (nSPS) is 15.9. The molecule has 3 aromatic rings. The summed E-state index contributed by atoms with van der Waals surface area (Å²) >= 11 is 0. The maximum Gasteiger partial charge on any atom is 0.257 e. The maximum absolute atomic E-state index is 12.7. The van der Waals surface area contributed by atoms with E-state index in [2.05, 4.69) is 24.0 Å². The van der Waals surface area contributed by atoms with E-state index in [0.29, 0.717) is 50.2 Å². The predicted octanol–water partition coefficient (Wildman–Crippen LogP) is 4.67. The van der Waals surface area contributed by atoms with Crippen LogP contribution in [0.25, 0.3) is 11.5 Å². The van der Waals surface area contributed by atoms with Gasteiger partial charge in [0.05, 0.1) is 13.2 Å². The van der Waals surface area contributed by atoms with E-state index in [9.17, 15) is 4.79 Å². The third-order valence-corrected chi connectivity index (χ3v) is 5.76. The van der Waals surface area contributed by atoms with Gasteiger partial charge in [-0.05, 0) is 68.7 Å². The summed E-state index contributed by atoms with van der Waals surface area (Å²) in [6.07, 6.45) is 0.376. The molecule has 1 atom stereocenters. The molecule has 2 heterocycles. The molecular weight excluding hydrogens is 406 g/mol. The van der Waals surface area contributed by atoms with Crippen molar-refractivity contribution >= 4 is 5.91 Å². The van der Waals surface area contributed by atoms with Crippen molar-refractivity contribution in [2.75, 3.05) is 19.8 Å². The van der Waals surface area contributed by atoms with Crippen LogP contribution in [0, 0.1) is 13.8 Å². The number of amides is 1. The second kappa shape index (κ2) is 9.42. The van der Waals surface area contributed by atoms with Gasteiger partial charge in [0.15, 0.2) is 17.3 Å².